The number of phenolic OH excluding ortho intramolecular Hbond substituents is 1. The van der Waals surface area contributed by atoms with Gasteiger partial charge in [-0.3, -0.25) is 4.79 Å². The highest BCUT2D eigenvalue weighted by atomic mass is 32.1. The lowest BCUT2D eigenvalue weighted by Crippen LogP contribution is -2.04. The Morgan fingerprint density at radius 1 is 1.14 bits per heavy atom. The van der Waals surface area contributed by atoms with E-state index >= 15 is 0 Å². The van der Waals surface area contributed by atoms with Crippen molar-refractivity contribution in [3.05, 3.63) is 64.3 Å². The second kappa shape index (κ2) is 4.46. The van der Waals surface area contributed by atoms with Crippen molar-refractivity contribution in [1.82, 2.24) is 4.98 Å². The molecule has 2 heterocycles. The molecule has 0 fully saturated rings. The van der Waals surface area contributed by atoms with E-state index in [1.165, 1.54) is 11.3 Å². The molecule has 101 valence electrons. The lowest BCUT2D eigenvalue weighted by Gasteiger charge is -2.10. The molecule has 0 amide bonds. The molecule has 4 heteroatoms. The Kier molecular flexibility index (Phi) is 2.59. The van der Waals surface area contributed by atoms with Gasteiger partial charge in [0.1, 0.15) is 10.4 Å². The Hall–Kier alpha value is -2.59. The number of aromatic amines is 1. The van der Waals surface area contributed by atoms with E-state index in [9.17, 15) is 9.90 Å². The normalized spacial score (nSPS) is 11.2. The Morgan fingerprint density at radius 3 is 2.86 bits per heavy atom. The number of thiophene rings is 1. The smallest absolute Gasteiger partial charge is 0.266 e. The van der Waals surface area contributed by atoms with Crippen LogP contribution in [-0.4, -0.2) is 10.1 Å². The largest absolute Gasteiger partial charge is 0.507 e. The maximum atomic E-state index is 12.1. The number of nitrogens with one attached hydrogen (secondary N) is 1. The first-order chi connectivity index (χ1) is 10.3. The Bertz CT molecular complexity index is 1020. The Balaban J connectivity index is 2.27. The van der Waals surface area contributed by atoms with Crippen LogP contribution in [0, 0.1) is 6.07 Å². The average Bonchev–Trinajstić information content (AvgIpc) is 2.99. The van der Waals surface area contributed by atoms with Gasteiger partial charge in [-0.15, -0.1) is 11.3 Å². The molecule has 3 nitrogen and oxygen atoms in total. The number of hydrogen-bond donors (Lipinski definition) is 2. The van der Waals surface area contributed by atoms with Crippen molar-refractivity contribution in [2.24, 2.45) is 0 Å². The summed E-state index contributed by atoms with van der Waals surface area (Å²) in [5.41, 5.74) is 2.13. The zero-order chi connectivity index (χ0) is 14.4. The summed E-state index contributed by atoms with van der Waals surface area (Å²) in [7, 11) is 0. The van der Waals surface area contributed by atoms with Gasteiger partial charge >= 0.3 is 0 Å². The third kappa shape index (κ3) is 1.76. The molecule has 0 saturated carbocycles. The molecule has 0 unspecified atom stereocenters. The van der Waals surface area contributed by atoms with E-state index in [1.54, 1.807) is 12.1 Å². The van der Waals surface area contributed by atoms with Crippen LogP contribution in [0.1, 0.15) is 0 Å². The molecular weight excluding hydrogens is 282 g/mol. The number of H-pyrrole nitrogens is 1. The highest BCUT2D eigenvalue weighted by Gasteiger charge is 2.14. The van der Waals surface area contributed by atoms with Crippen molar-refractivity contribution >= 4 is 32.3 Å². The number of aromatic nitrogens is 1. The van der Waals surface area contributed by atoms with Gasteiger partial charge in [0.15, 0.2) is 0 Å². The molecule has 4 aromatic rings. The zero-order valence-electron chi connectivity index (χ0n) is 10.9. The molecule has 0 aliphatic rings. The minimum atomic E-state index is -0.0961. The third-order valence-electron chi connectivity index (χ3n) is 3.55. The summed E-state index contributed by atoms with van der Waals surface area (Å²) in [6.07, 6.45) is 0. The Labute approximate surface area is 124 Å². The summed E-state index contributed by atoms with van der Waals surface area (Å²) in [6.45, 7) is 0. The summed E-state index contributed by atoms with van der Waals surface area (Å²) < 4.78 is 0.672. The number of fused-ring (bicyclic) bond motifs is 3. The SMILES string of the molecule is O=c1[nH]c2ccc(O)c(-c3[c]cccc3)c2c2ccsc12. The van der Waals surface area contributed by atoms with E-state index < -0.39 is 0 Å². The Morgan fingerprint density at radius 2 is 2.05 bits per heavy atom. The number of phenols is 1. The number of aromatic hydroxyl groups is 1. The molecule has 2 aromatic carbocycles. The van der Waals surface area contributed by atoms with Crippen LogP contribution < -0.4 is 5.56 Å². The van der Waals surface area contributed by atoms with Crippen LogP contribution >= 0.6 is 11.3 Å². The number of hydrogen-bond acceptors (Lipinski definition) is 3. The lowest BCUT2D eigenvalue weighted by molar-refractivity contribution is 0.478. The minimum Gasteiger partial charge on any atom is -0.507 e. The zero-order valence-corrected chi connectivity index (χ0v) is 11.7. The summed E-state index contributed by atoms with van der Waals surface area (Å²) in [4.78, 5) is 15.0. The maximum absolute atomic E-state index is 12.1. The van der Waals surface area contributed by atoms with Crippen molar-refractivity contribution in [2.45, 2.75) is 0 Å². The molecule has 0 aliphatic carbocycles. The van der Waals surface area contributed by atoms with E-state index in [-0.39, 0.29) is 11.3 Å². The van der Waals surface area contributed by atoms with Crippen LogP contribution in [0.4, 0.5) is 0 Å². The number of rotatable bonds is 1. The fourth-order valence-electron chi connectivity index (χ4n) is 2.66. The second-order valence-corrected chi connectivity index (χ2v) is 5.69. The van der Waals surface area contributed by atoms with E-state index in [0.717, 1.165) is 21.9 Å². The highest BCUT2D eigenvalue weighted by Crippen LogP contribution is 2.39. The minimum absolute atomic E-state index is 0.0961. The molecule has 0 saturated heterocycles. The molecular formula is C17H10NO2S. The molecule has 0 aliphatic heterocycles. The first-order valence-corrected chi connectivity index (χ1v) is 7.36. The van der Waals surface area contributed by atoms with Crippen LogP contribution in [-0.2, 0) is 0 Å². The van der Waals surface area contributed by atoms with Gasteiger partial charge in [0.05, 0.1) is 0 Å². The van der Waals surface area contributed by atoms with Gasteiger partial charge < -0.3 is 10.1 Å². The van der Waals surface area contributed by atoms with Gasteiger partial charge in [0, 0.05) is 21.9 Å². The average molecular weight is 292 g/mol. The van der Waals surface area contributed by atoms with Gasteiger partial charge in [0.2, 0.25) is 0 Å². The molecule has 4 rings (SSSR count). The van der Waals surface area contributed by atoms with Gasteiger partial charge in [-0.2, -0.15) is 0 Å². The van der Waals surface area contributed by atoms with E-state index in [0.29, 0.717) is 10.3 Å². The molecule has 2 N–H and O–H groups in total. The van der Waals surface area contributed by atoms with E-state index in [4.69, 9.17) is 0 Å². The monoisotopic (exact) mass is 292 g/mol. The maximum Gasteiger partial charge on any atom is 0.266 e. The second-order valence-electron chi connectivity index (χ2n) is 4.78. The van der Waals surface area contributed by atoms with Crippen LogP contribution in [0.2, 0.25) is 0 Å². The predicted octanol–water partition coefficient (Wildman–Crippen LogP) is 3.92. The summed E-state index contributed by atoms with van der Waals surface area (Å²) in [5, 5.41) is 13.9. The van der Waals surface area contributed by atoms with Crippen LogP contribution in [0.3, 0.4) is 0 Å². The number of benzene rings is 2. The van der Waals surface area contributed by atoms with Crippen LogP contribution in [0.15, 0.2) is 52.6 Å². The number of pyridine rings is 1. The van der Waals surface area contributed by atoms with Gasteiger partial charge in [-0.25, -0.2) is 0 Å². The first-order valence-electron chi connectivity index (χ1n) is 6.48. The van der Waals surface area contributed by atoms with E-state index in [2.05, 4.69) is 11.1 Å². The van der Waals surface area contributed by atoms with Gasteiger partial charge in [-0.1, -0.05) is 24.3 Å². The molecule has 2 aromatic heterocycles. The molecule has 0 spiro atoms. The van der Waals surface area contributed by atoms with Crippen LogP contribution in [0.5, 0.6) is 5.75 Å². The van der Waals surface area contributed by atoms with Crippen molar-refractivity contribution in [1.29, 1.82) is 0 Å². The van der Waals surface area contributed by atoms with Gasteiger partial charge in [-0.05, 0) is 35.2 Å². The fraction of sp³-hybridized carbons (Fsp3) is 0. The van der Waals surface area contributed by atoms with Gasteiger partial charge in [0.25, 0.3) is 5.56 Å². The highest BCUT2D eigenvalue weighted by molar-refractivity contribution is 7.17. The summed E-state index contributed by atoms with van der Waals surface area (Å²) >= 11 is 1.40. The first kappa shape index (κ1) is 12.2. The third-order valence-corrected chi connectivity index (χ3v) is 4.46. The van der Waals surface area contributed by atoms with Crippen molar-refractivity contribution in [3.63, 3.8) is 0 Å². The molecule has 21 heavy (non-hydrogen) atoms. The molecule has 0 bridgehead atoms. The molecule has 1 radical (unpaired) electrons. The summed E-state index contributed by atoms with van der Waals surface area (Å²) in [5.74, 6) is 0.185. The fourth-order valence-corrected chi connectivity index (χ4v) is 3.45. The van der Waals surface area contributed by atoms with Crippen molar-refractivity contribution in [3.8, 4) is 16.9 Å². The molecule has 0 atom stereocenters. The van der Waals surface area contributed by atoms with Crippen molar-refractivity contribution < 1.29 is 5.11 Å². The van der Waals surface area contributed by atoms with Crippen molar-refractivity contribution in [2.75, 3.05) is 0 Å². The predicted molar refractivity (Wildman–Crippen MR) is 85.9 cm³/mol. The summed E-state index contributed by atoms with van der Waals surface area (Å²) in [6, 6.07) is 15.9. The van der Waals surface area contributed by atoms with Crippen LogP contribution in [0.25, 0.3) is 32.1 Å². The van der Waals surface area contributed by atoms with E-state index in [1.807, 2.05) is 35.7 Å². The topological polar surface area (TPSA) is 53.1 Å². The quantitative estimate of drug-likeness (QED) is 0.559. The standard InChI is InChI=1S/C17H10NO2S/c19-13-7-6-12-15(14(13)10-4-2-1-3-5-10)11-8-9-21-16(11)17(20)18-12/h1-4,6-9,19H,(H,18,20). The lowest BCUT2D eigenvalue weighted by atomic mass is 9.97.